The van der Waals surface area contributed by atoms with Gasteiger partial charge in [-0.05, 0) is 37.5 Å². The Morgan fingerprint density at radius 3 is 2.91 bits per heavy atom. The Bertz CT molecular complexity index is 1140. The zero-order chi connectivity index (χ0) is 23.1. The first kappa shape index (κ1) is 21.3. The van der Waals surface area contributed by atoms with Crippen molar-refractivity contribution in [3.8, 4) is 5.69 Å². The number of carbonyl (C=O) groups is 4. The molecular formula is C22H24N6O5. The fourth-order valence-corrected chi connectivity index (χ4v) is 4.52. The Balaban J connectivity index is 1.35. The summed E-state index contributed by atoms with van der Waals surface area (Å²) in [5.41, 5.74) is 2.08. The van der Waals surface area contributed by atoms with Crippen LogP contribution < -0.4 is 5.32 Å². The minimum atomic E-state index is -0.666. The van der Waals surface area contributed by atoms with Gasteiger partial charge in [-0.3, -0.25) is 24.5 Å². The average Bonchev–Trinajstić information content (AvgIpc) is 3.34. The third-order valence-corrected chi connectivity index (χ3v) is 6.33. The van der Waals surface area contributed by atoms with Crippen molar-refractivity contribution in [2.45, 2.75) is 44.8 Å². The molecule has 2 fully saturated rings. The zero-order valence-electron chi connectivity index (χ0n) is 18.2. The van der Waals surface area contributed by atoms with E-state index in [-0.39, 0.29) is 35.9 Å². The Labute approximate surface area is 189 Å². The van der Waals surface area contributed by atoms with Gasteiger partial charge in [-0.2, -0.15) is 0 Å². The lowest BCUT2D eigenvalue weighted by molar-refractivity contribution is -0.136. The number of fused-ring (bicyclic) bond motifs is 1. The van der Waals surface area contributed by atoms with E-state index in [1.807, 2.05) is 13.0 Å². The number of hydrogen-bond acceptors (Lipinski definition) is 7. The molecule has 5 rings (SSSR count). The molecule has 0 radical (unpaired) electrons. The Hall–Kier alpha value is -3.60. The Kier molecular flexibility index (Phi) is 5.41. The number of amides is 4. The fourth-order valence-electron chi connectivity index (χ4n) is 4.52. The molecule has 11 heteroatoms. The molecule has 2 atom stereocenters. The maximum absolute atomic E-state index is 13.0. The van der Waals surface area contributed by atoms with Gasteiger partial charge in [0.05, 0.1) is 24.5 Å². The molecule has 33 heavy (non-hydrogen) atoms. The van der Waals surface area contributed by atoms with E-state index in [4.69, 9.17) is 4.74 Å². The summed E-state index contributed by atoms with van der Waals surface area (Å²) in [6.45, 7) is 3.94. The van der Waals surface area contributed by atoms with Crippen LogP contribution in [0.15, 0.2) is 24.4 Å². The maximum atomic E-state index is 13.0. The molecular weight excluding hydrogens is 428 g/mol. The molecule has 2 aromatic rings. The highest BCUT2D eigenvalue weighted by Gasteiger charge is 2.39. The highest BCUT2D eigenvalue weighted by molar-refractivity contribution is 6.05. The summed E-state index contributed by atoms with van der Waals surface area (Å²) >= 11 is 0. The molecule has 2 saturated heterocycles. The SMILES string of the molecule is CC1COCCCN1C(=O)c1cn(-c2ccc3c(c2)C(=O)N(C2CCC(=O)NC2=O)C3)nn1. The van der Waals surface area contributed by atoms with Gasteiger partial charge in [-0.1, -0.05) is 11.3 Å². The number of nitrogens with zero attached hydrogens (tertiary/aromatic N) is 5. The molecule has 1 aromatic heterocycles. The summed E-state index contributed by atoms with van der Waals surface area (Å²) in [5, 5.41) is 10.4. The summed E-state index contributed by atoms with van der Waals surface area (Å²) in [7, 11) is 0. The van der Waals surface area contributed by atoms with Gasteiger partial charge in [0.1, 0.15) is 6.04 Å². The second-order valence-corrected chi connectivity index (χ2v) is 8.57. The third-order valence-electron chi connectivity index (χ3n) is 6.33. The quantitative estimate of drug-likeness (QED) is 0.663. The highest BCUT2D eigenvalue weighted by atomic mass is 16.5. The molecule has 0 aliphatic carbocycles. The Morgan fingerprint density at radius 1 is 1.24 bits per heavy atom. The average molecular weight is 452 g/mol. The number of ether oxygens (including phenoxy) is 1. The van der Waals surface area contributed by atoms with Crippen molar-refractivity contribution in [3.63, 3.8) is 0 Å². The van der Waals surface area contributed by atoms with Crippen molar-refractivity contribution in [3.05, 3.63) is 41.2 Å². The van der Waals surface area contributed by atoms with Crippen LogP contribution in [0.2, 0.25) is 0 Å². The number of carbonyl (C=O) groups excluding carboxylic acids is 4. The van der Waals surface area contributed by atoms with Crippen LogP contribution in [-0.2, 0) is 20.9 Å². The first-order valence-corrected chi connectivity index (χ1v) is 11.0. The molecule has 2 unspecified atom stereocenters. The van der Waals surface area contributed by atoms with Gasteiger partial charge < -0.3 is 14.5 Å². The molecule has 1 aromatic carbocycles. The predicted molar refractivity (Wildman–Crippen MR) is 113 cm³/mol. The molecule has 172 valence electrons. The van der Waals surface area contributed by atoms with Crippen molar-refractivity contribution in [1.29, 1.82) is 0 Å². The van der Waals surface area contributed by atoms with Crippen LogP contribution in [0.3, 0.4) is 0 Å². The normalized spacial score (nSPS) is 23.4. The van der Waals surface area contributed by atoms with Crippen LogP contribution in [-0.4, -0.2) is 80.3 Å². The van der Waals surface area contributed by atoms with E-state index < -0.39 is 11.9 Å². The maximum Gasteiger partial charge on any atom is 0.276 e. The van der Waals surface area contributed by atoms with Crippen LogP contribution in [0.4, 0.5) is 0 Å². The minimum absolute atomic E-state index is 0.0546. The topological polar surface area (TPSA) is 127 Å². The lowest BCUT2D eigenvalue weighted by atomic mass is 10.0. The van der Waals surface area contributed by atoms with Gasteiger partial charge in [0.2, 0.25) is 11.8 Å². The number of nitrogens with one attached hydrogen (secondary N) is 1. The van der Waals surface area contributed by atoms with Gasteiger partial charge in [0.15, 0.2) is 5.69 Å². The van der Waals surface area contributed by atoms with Crippen LogP contribution in [0.25, 0.3) is 5.69 Å². The second kappa shape index (κ2) is 8.39. The molecule has 4 amide bonds. The van der Waals surface area contributed by atoms with Crippen molar-refractivity contribution in [2.24, 2.45) is 0 Å². The van der Waals surface area contributed by atoms with Crippen LogP contribution in [0.1, 0.15) is 52.6 Å². The van der Waals surface area contributed by atoms with Crippen molar-refractivity contribution in [2.75, 3.05) is 19.8 Å². The molecule has 1 N–H and O–H groups in total. The molecule has 3 aliphatic heterocycles. The van der Waals surface area contributed by atoms with E-state index in [0.29, 0.717) is 44.0 Å². The number of benzene rings is 1. The molecule has 0 saturated carbocycles. The van der Waals surface area contributed by atoms with E-state index >= 15 is 0 Å². The number of imide groups is 1. The second-order valence-electron chi connectivity index (χ2n) is 8.57. The van der Waals surface area contributed by atoms with Gasteiger partial charge in [-0.15, -0.1) is 5.10 Å². The summed E-state index contributed by atoms with van der Waals surface area (Å²) in [6.07, 6.45) is 2.84. The van der Waals surface area contributed by atoms with Gasteiger partial charge in [0.25, 0.3) is 11.8 Å². The lowest BCUT2D eigenvalue weighted by Crippen LogP contribution is -2.52. The molecule has 0 spiro atoms. The number of piperidine rings is 1. The predicted octanol–water partition coefficient (Wildman–Crippen LogP) is 0.279. The van der Waals surface area contributed by atoms with E-state index in [1.165, 1.54) is 9.58 Å². The van der Waals surface area contributed by atoms with E-state index in [0.717, 1.165) is 12.0 Å². The van der Waals surface area contributed by atoms with Gasteiger partial charge >= 0.3 is 0 Å². The number of rotatable bonds is 3. The third kappa shape index (κ3) is 3.88. The largest absolute Gasteiger partial charge is 0.379 e. The molecule has 4 heterocycles. The zero-order valence-corrected chi connectivity index (χ0v) is 18.2. The summed E-state index contributed by atoms with van der Waals surface area (Å²) in [5.74, 6) is -1.24. The number of hydrogen-bond donors (Lipinski definition) is 1. The van der Waals surface area contributed by atoms with Crippen LogP contribution in [0.5, 0.6) is 0 Å². The van der Waals surface area contributed by atoms with Crippen molar-refractivity contribution >= 4 is 23.6 Å². The summed E-state index contributed by atoms with van der Waals surface area (Å²) in [4.78, 5) is 52.9. The van der Waals surface area contributed by atoms with E-state index in [1.54, 1.807) is 23.2 Å². The molecule has 3 aliphatic rings. The fraction of sp³-hybridized carbons (Fsp3) is 0.455. The molecule has 0 bridgehead atoms. The highest BCUT2D eigenvalue weighted by Crippen LogP contribution is 2.29. The minimum Gasteiger partial charge on any atom is -0.379 e. The van der Waals surface area contributed by atoms with Crippen LogP contribution >= 0.6 is 0 Å². The van der Waals surface area contributed by atoms with Crippen LogP contribution in [0, 0.1) is 0 Å². The molecule has 11 nitrogen and oxygen atoms in total. The standard InChI is InChI=1S/C22H24N6O5/c1-13-12-33-8-2-7-26(13)22(32)17-11-28(25-24-17)15-4-3-14-10-27(21(31)16(14)9-15)18-5-6-19(29)23-20(18)30/h3-4,9,11,13,18H,2,5-8,10,12H2,1H3,(H,23,29,30). The Morgan fingerprint density at radius 2 is 2.09 bits per heavy atom. The van der Waals surface area contributed by atoms with Crippen molar-refractivity contribution in [1.82, 2.24) is 30.1 Å². The smallest absolute Gasteiger partial charge is 0.276 e. The summed E-state index contributed by atoms with van der Waals surface area (Å²) in [6, 6.07) is 4.58. The number of aromatic nitrogens is 3. The van der Waals surface area contributed by atoms with Gasteiger partial charge in [-0.25, -0.2) is 4.68 Å². The first-order chi connectivity index (χ1) is 15.9. The van der Waals surface area contributed by atoms with Gasteiger partial charge in [0, 0.05) is 31.7 Å². The van der Waals surface area contributed by atoms with E-state index in [2.05, 4.69) is 15.6 Å². The lowest BCUT2D eigenvalue weighted by Gasteiger charge is -2.29. The van der Waals surface area contributed by atoms with Crippen molar-refractivity contribution < 1.29 is 23.9 Å². The first-order valence-electron chi connectivity index (χ1n) is 11.0. The van der Waals surface area contributed by atoms with E-state index in [9.17, 15) is 19.2 Å². The summed E-state index contributed by atoms with van der Waals surface area (Å²) < 4.78 is 6.97. The monoisotopic (exact) mass is 452 g/mol.